The van der Waals surface area contributed by atoms with Crippen LogP contribution >= 0.6 is 0 Å². The Kier molecular flexibility index (Phi) is 8.38. The van der Waals surface area contributed by atoms with Crippen LogP contribution in [0.1, 0.15) is 17.0 Å². The molecule has 0 bridgehead atoms. The number of methoxy groups -OCH3 is 1. The molecule has 0 saturated carbocycles. The van der Waals surface area contributed by atoms with E-state index in [4.69, 9.17) is 19.3 Å². The van der Waals surface area contributed by atoms with Gasteiger partial charge in [-0.3, -0.25) is 4.79 Å². The molecule has 2 N–H and O–H groups in total. The van der Waals surface area contributed by atoms with Crippen molar-refractivity contribution in [1.29, 1.82) is 0 Å². The molecule has 0 radical (unpaired) electrons. The van der Waals surface area contributed by atoms with Crippen molar-refractivity contribution in [1.82, 2.24) is 5.32 Å². The summed E-state index contributed by atoms with van der Waals surface area (Å²) in [6.45, 7) is -0.559. The highest BCUT2D eigenvalue weighted by Crippen LogP contribution is 2.44. The molecule has 0 aromatic heterocycles. The van der Waals surface area contributed by atoms with Gasteiger partial charge in [-0.1, -0.05) is 60.7 Å². The number of alkyl carbamates (subject to hydrolysis) is 1. The van der Waals surface area contributed by atoms with Gasteiger partial charge in [-0.05, 0) is 58.1 Å². The van der Waals surface area contributed by atoms with Gasteiger partial charge in [0.2, 0.25) is 5.91 Å². The SMILES string of the molecule is COc1ccc(N(C)C(=O)CNC(=O)OCC2c3ccccc3-c3ccccc32)c(-c2ccc(OCC(=O)O)cc2)c1. The van der Waals surface area contributed by atoms with Crippen LogP contribution in [0.2, 0.25) is 0 Å². The number of aliphatic carboxylic acids is 1. The summed E-state index contributed by atoms with van der Waals surface area (Å²) in [6.07, 6.45) is -0.675. The van der Waals surface area contributed by atoms with E-state index in [0.29, 0.717) is 22.7 Å². The van der Waals surface area contributed by atoms with Gasteiger partial charge >= 0.3 is 12.1 Å². The largest absolute Gasteiger partial charge is 0.497 e. The van der Waals surface area contributed by atoms with Crippen molar-refractivity contribution < 1.29 is 33.7 Å². The maximum atomic E-state index is 13.1. The predicted molar refractivity (Wildman–Crippen MR) is 158 cm³/mol. The van der Waals surface area contributed by atoms with Crippen LogP contribution in [-0.2, 0) is 14.3 Å². The van der Waals surface area contributed by atoms with Crippen molar-refractivity contribution in [3.05, 3.63) is 102 Å². The van der Waals surface area contributed by atoms with Crippen LogP contribution < -0.4 is 19.7 Å². The number of nitrogens with one attached hydrogen (secondary N) is 1. The van der Waals surface area contributed by atoms with Gasteiger partial charge in [-0.2, -0.15) is 0 Å². The quantitative estimate of drug-likeness (QED) is 0.267. The van der Waals surface area contributed by atoms with Crippen LogP contribution in [0.5, 0.6) is 11.5 Å². The Morgan fingerprint density at radius 1 is 0.833 bits per heavy atom. The van der Waals surface area contributed by atoms with Crippen LogP contribution in [0.4, 0.5) is 10.5 Å². The van der Waals surface area contributed by atoms with E-state index in [9.17, 15) is 14.4 Å². The maximum absolute atomic E-state index is 13.1. The molecule has 9 heteroatoms. The number of hydrogen-bond acceptors (Lipinski definition) is 6. The smallest absolute Gasteiger partial charge is 0.407 e. The molecule has 0 atom stereocenters. The summed E-state index contributed by atoms with van der Waals surface area (Å²) in [5, 5.41) is 11.4. The van der Waals surface area contributed by atoms with E-state index in [0.717, 1.165) is 27.8 Å². The average molecular weight is 567 g/mol. The summed E-state index contributed by atoms with van der Waals surface area (Å²) in [4.78, 5) is 38.0. The number of ether oxygens (including phenoxy) is 3. The Morgan fingerprint density at radius 3 is 2.07 bits per heavy atom. The van der Waals surface area contributed by atoms with E-state index in [1.165, 1.54) is 4.90 Å². The van der Waals surface area contributed by atoms with Gasteiger partial charge in [0.25, 0.3) is 0 Å². The van der Waals surface area contributed by atoms with Crippen molar-refractivity contribution in [2.45, 2.75) is 5.92 Å². The first-order valence-electron chi connectivity index (χ1n) is 13.3. The Bertz CT molecular complexity index is 1570. The molecule has 0 unspecified atom stereocenters. The van der Waals surface area contributed by atoms with Crippen LogP contribution in [0.3, 0.4) is 0 Å². The molecule has 0 spiro atoms. The molecular weight excluding hydrogens is 536 g/mol. The molecule has 0 heterocycles. The van der Waals surface area contributed by atoms with Gasteiger partial charge in [-0.25, -0.2) is 9.59 Å². The first kappa shape index (κ1) is 28.2. The lowest BCUT2D eigenvalue weighted by Crippen LogP contribution is -2.39. The zero-order chi connectivity index (χ0) is 29.6. The minimum absolute atomic E-state index is 0.0794. The molecule has 2 amide bonds. The zero-order valence-corrected chi connectivity index (χ0v) is 23.2. The molecule has 1 aliphatic carbocycles. The normalized spacial score (nSPS) is 11.7. The molecule has 4 aromatic rings. The molecule has 42 heavy (non-hydrogen) atoms. The lowest BCUT2D eigenvalue weighted by molar-refractivity contribution is -0.139. The number of hydrogen-bond donors (Lipinski definition) is 2. The Morgan fingerprint density at radius 2 is 1.45 bits per heavy atom. The first-order valence-corrected chi connectivity index (χ1v) is 13.3. The molecule has 0 fully saturated rings. The highest BCUT2D eigenvalue weighted by Gasteiger charge is 2.29. The number of carbonyl (C=O) groups is 3. The third-order valence-electron chi connectivity index (χ3n) is 7.19. The Labute approximate surface area is 243 Å². The van der Waals surface area contributed by atoms with Crippen LogP contribution in [0.15, 0.2) is 91.0 Å². The van der Waals surface area contributed by atoms with Crippen molar-refractivity contribution in [3.63, 3.8) is 0 Å². The second-order valence-electron chi connectivity index (χ2n) is 9.72. The highest BCUT2D eigenvalue weighted by atomic mass is 16.5. The van der Waals surface area contributed by atoms with Gasteiger partial charge in [0.05, 0.1) is 12.8 Å². The number of benzene rings is 4. The molecule has 5 rings (SSSR count). The van der Waals surface area contributed by atoms with Crippen LogP contribution in [0, 0.1) is 0 Å². The summed E-state index contributed by atoms with van der Waals surface area (Å²) in [7, 11) is 3.17. The van der Waals surface area contributed by atoms with Crippen molar-refractivity contribution in [2.75, 3.05) is 38.8 Å². The number of anilines is 1. The molecule has 214 valence electrons. The average Bonchev–Trinajstić information content (AvgIpc) is 3.34. The van der Waals surface area contributed by atoms with Gasteiger partial charge in [0.1, 0.15) is 24.7 Å². The summed E-state index contributed by atoms with van der Waals surface area (Å²) >= 11 is 0. The number of nitrogens with zero attached hydrogens (tertiary/aromatic N) is 1. The molecule has 0 saturated heterocycles. The molecular formula is C33H30N2O7. The summed E-state index contributed by atoms with van der Waals surface area (Å²) < 4.78 is 16.2. The van der Waals surface area contributed by atoms with E-state index in [2.05, 4.69) is 17.4 Å². The number of amides is 2. The minimum Gasteiger partial charge on any atom is -0.497 e. The van der Waals surface area contributed by atoms with Crippen LogP contribution in [-0.4, -0.2) is 57.0 Å². The fraction of sp³-hybridized carbons (Fsp3) is 0.182. The fourth-order valence-corrected chi connectivity index (χ4v) is 5.09. The zero-order valence-electron chi connectivity index (χ0n) is 23.2. The third kappa shape index (κ3) is 6.05. The predicted octanol–water partition coefficient (Wildman–Crippen LogP) is 5.33. The maximum Gasteiger partial charge on any atom is 0.407 e. The number of rotatable bonds is 10. The Hall–Kier alpha value is -5.31. The van der Waals surface area contributed by atoms with Gasteiger partial charge in [0.15, 0.2) is 6.61 Å². The van der Waals surface area contributed by atoms with E-state index >= 15 is 0 Å². The van der Waals surface area contributed by atoms with Crippen LogP contribution in [0.25, 0.3) is 22.3 Å². The number of carboxylic acid groups (broad SMARTS) is 1. The summed E-state index contributed by atoms with van der Waals surface area (Å²) in [5.41, 5.74) is 6.54. The number of carbonyl (C=O) groups excluding carboxylic acids is 2. The Balaban J connectivity index is 1.23. The van der Waals surface area contributed by atoms with E-state index in [-0.39, 0.29) is 25.0 Å². The highest BCUT2D eigenvalue weighted by molar-refractivity contribution is 5.99. The van der Waals surface area contributed by atoms with Crippen molar-refractivity contribution in [2.24, 2.45) is 0 Å². The number of likely N-dealkylation sites (N-methyl/N-ethyl adjacent to an activating group) is 1. The van der Waals surface area contributed by atoms with Crippen molar-refractivity contribution >= 4 is 23.7 Å². The number of fused-ring (bicyclic) bond motifs is 3. The lowest BCUT2D eigenvalue weighted by atomic mass is 9.98. The van der Waals surface area contributed by atoms with E-state index in [1.807, 2.05) is 36.4 Å². The van der Waals surface area contributed by atoms with Gasteiger partial charge in [0, 0.05) is 18.5 Å². The molecule has 4 aromatic carbocycles. The fourth-order valence-electron chi connectivity index (χ4n) is 5.09. The number of carboxylic acids is 1. The minimum atomic E-state index is -1.07. The standard InChI is InChI=1S/C33H30N2O7/c1-35(30-16-15-23(40-2)17-28(30)21-11-13-22(14-12-21)41-20-32(37)38)31(36)18-34-33(39)42-19-29-26-9-5-3-7-24(26)25-8-4-6-10-27(25)29/h3-17,29H,18-20H2,1-2H3,(H,34,39)(H,37,38). The third-order valence-corrected chi connectivity index (χ3v) is 7.19. The van der Waals surface area contributed by atoms with E-state index in [1.54, 1.807) is 56.6 Å². The second-order valence-corrected chi connectivity index (χ2v) is 9.72. The monoisotopic (exact) mass is 566 g/mol. The topological polar surface area (TPSA) is 114 Å². The molecule has 9 nitrogen and oxygen atoms in total. The van der Waals surface area contributed by atoms with Gasteiger partial charge in [-0.15, -0.1) is 0 Å². The van der Waals surface area contributed by atoms with E-state index < -0.39 is 18.7 Å². The molecule has 0 aliphatic heterocycles. The van der Waals surface area contributed by atoms with Crippen molar-refractivity contribution in [3.8, 4) is 33.8 Å². The summed E-state index contributed by atoms with van der Waals surface area (Å²) in [6, 6.07) is 28.3. The first-order chi connectivity index (χ1) is 20.4. The van der Waals surface area contributed by atoms with Gasteiger partial charge < -0.3 is 29.5 Å². The summed E-state index contributed by atoms with van der Waals surface area (Å²) in [5.74, 6) is -0.499. The lowest BCUT2D eigenvalue weighted by Gasteiger charge is -2.22. The second kappa shape index (κ2) is 12.5. The molecule has 1 aliphatic rings.